The normalized spacial score (nSPS) is 27.1. The van der Waals surface area contributed by atoms with Crippen molar-refractivity contribution in [3.05, 3.63) is 94.0 Å². The smallest absolute Gasteiger partial charge is 0.481 e. The van der Waals surface area contributed by atoms with E-state index in [9.17, 15) is 27.9 Å². The summed E-state index contributed by atoms with van der Waals surface area (Å²) in [6.07, 6.45) is -3.90. The number of pyridine rings is 1. The number of hydrogen-bond acceptors (Lipinski definition) is 4. The number of fused-ring (bicyclic) bond motifs is 2. The number of halogens is 4. The van der Waals surface area contributed by atoms with Crippen molar-refractivity contribution < 1.29 is 32.6 Å². The van der Waals surface area contributed by atoms with E-state index in [-0.39, 0.29) is 36.0 Å². The van der Waals surface area contributed by atoms with Crippen LogP contribution in [0.3, 0.4) is 0 Å². The number of carboxylic acid groups (broad SMARTS) is 1. The summed E-state index contributed by atoms with van der Waals surface area (Å²) in [7, 11) is 0. The van der Waals surface area contributed by atoms with Crippen LogP contribution >= 0.6 is 15.9 Å². The summed E-state index contributed by atoms with van der Waals surface area (Å²) in [5.41, 5.74) is 0.501. The molecule has 220 valence electrons. The first-order valence-electron chi connectivity index (χ1n) is 14.0. The molecule has 4 atom stereocenters. The molecular weight excluding hydrogens is 625 g/mol. The summed E-state index contributed by atoms with van der Waals surface area (Å²) in [5, 5.41) is 14.1. The lowest BCUT2D eigenvalue weighted by molar-refractivity contribution is -0.275. The van der Waals surface area contributed by atoms with Gasteiger partial charge in [0.15, 0.2) is 0 Å². The van der Waals surface area contributed by atoms with E-state index in [0.717, 1.165) is 10.0 Å². The first kappa shape index (κ1) is 27.9. The van der Waals surface area contributed by atoms with E-state index in [1.165, 1.54) is 12.1 Å². The number of ether oxygens (including phenoxy) is 1. The fourth-order valence-corrected chi connectivity index (χ4v) is 8.57. The zero-order valence-corrected chi connectivity index (χ0v) is 24.6. The Kier molecular flexibility index (Phi) is 6.02. The van der Waals surface area contributed by atoms with Gasteiger partial charge in [0.1, 0.15) is 5.75 Å². The lowest BCUT2D eigenvalue weighted by Gasteiger charge is -2.42. The fraction of sp³-hybridized carbons (Fsp3) is 0.303. The van der Waals surface area contributed by atoms with E-state index < -0.39 is 28.7 Å². The summed E-state index contributed by atoms with van der Waals surface area (Å²) < 4.78 is 45.6. The van der Waals surface area contributed by atoms with E-state index in [1.807, 2.05) is 55.5 Å². The second-order valence-electron chi connectivity index (χ2n) is 11.9. The SMILES string of the molecule is Cc1c(-c2ccccc2)nc2ccc(Br)cc2c1C(=O)NC12CCC3(C(=O)O)CC1[C@@]2(c1ccccc1OC(F)(F)F)C3. The number of hydrogen-bond donors (Lipinski definition) is 2. The van der Waals surface area contributed by atoms with Crippen LogP contribution in [0.1, 0.15) is 47.2 Å². The molecule has 2 N–H and O–H groups in total. The van der Waals surface area contributed by atoms with Crippen LogP contribution in [-0.2, 0) is 10.2 Å². The number of para-hydroxylation sites is 1. The van der Waals surface area contributed by atoms with Crippen molar-refractivity contribution in [2.75, 3.05) is 0 Å². The van der Waals surface area contributed by atoms with E-state index in [4.69, 9.17) is 4.98 Å². The first-order valence-corrected chi connectivity index (χ1v) is 14.8. The number of aliphatic carboxylic acids is 1. The van der Waals surface area contributed by atoms with E-state index in [0.29, 0.717) is 40.6 Å². The highest BCUT2D eigenvalue weighted by Gasteiger charge is 2.87. The van der Waals surface area contributed by atoms with Gasteiger partial charge in [0.2, 0.25) is 0 Å². The summed E-state index contributed by atoms with van der Waals surface area (Å²) in [4.78, 5) is 31.8. The van der Waals surface area contributed by atoms with Crippen LogP contribution in [0.15, 0.2) is 77.3 Å². The van der Waals surface area contributed by atoms with E-state index in [2.05, 4.69) is 26.0 Å². The summed E-state index contributed by atoms with van der Waals surface area (Å²) in [6, 6.07) is 21.0. The Morgan fingerprint density at radius 1 is 1.05 bits per heavy atom. The van der Waals surface area contributed by atoms with Crippen molar-refractivity contribution >= 4 is 38.7 Å². The highest BCUT2D eigenvalue weighted by Crippen LogP contribution is 2.82. The molecule has 0 saturated heterocycles. The third-order valence-corrected chi connectivity index (χ3v) is 10.5. The van der Waals surface area contributed by atoms with Gasteiger partial charge in [-0.25, -0.2) is 4.98 Å². The molecule has 0 aliphatic heterocycles. The highest BCUT2D eigenvalue weighted by atomic mass is 79.9. The van der Waals surface area contributed by atoms with Gasteiger partial charge in [-0.1, -0.05) is 64.5 Å². The number of nitrogens with zero attached hydrogens (tertiary/aromatic N) is 1. The minimum absolute atomic E-state index is 0.120. The molecule has 6 nitrogen and oxygen atoms in total. The number of amides is 1. The van der Waals surface area contributed by atoms with Crippen LogP contribution in [0.5, 0.6) is 5.75 Å². The summed E-state index contributed by atoms with van der Waals surface area (Å²) in [6.45, 7) is 1.84. The van der Waals surface area contributed by atoms with Gasteiger partial charge >= 0.3 is 12.3 Å². The number of benzene rings is 3. The molecule has 1 aromatic heterocycles. The molecule has 3 aromatic carbocycles. The molecular formula is C33H26BrF3N2O4. The van der Waals surface area contributed by atoms with Crippen molar-refractivity contribution in [2.45, 2.75) is 49.9 Å². The van der Waals surface area contributed by atoms with Crippen molar-refractivity contribution in [1.82, 2.24) is 10.3 Å². The second-order valence-corrected chi connectivity index (χ2v) is 12.9. The molecule has 4 fully saturated rings. The zero-order chi connectivity index (χ0) is 30.4. The van der Waals surface area contributed by atoms with Gasteiger partial charge in [-0.15, -0.1) is 13.2 Å². The summed E-state index contributed by atoms with van der Waals surface area (Å²) >= 11 is 3.51. The molecule has 8 rings (SSSR count). The predicted molar refractivity (Wildman–Crippen MR) is 157 cm³/mol. The van der Waals surface area contributed by atoms with Crippen LogP contribution in [0.25, 0.3) is 22.2 Å². The molecule has 4 bridgehead atoms. The Balaban J connectivity index is 1.36. The third kappa shape index (κ3) is 4.02. The Labute approximate surface area is 253 Å². The molecule has 3 unspecified atom stereocenters. The van der Waals surface area contributed by atoms with Crippen molar-refractivity contribution in [1.29, 1.82) is 0 Å². The Bertz CT molecular complexity index is 1830. The van der Waals surface area contributed by atoms with E-state index in [1.54, 1.807) is 12.1 Å². The van der Waals surface area contributed by atoms with Crippen molar-refractivity contribution in [3.8, 4) is 17.0 Å². The van der Waals surface area contributed by atoms with Gasteiger partial charge < -0.3 is 15.2 Å². The predicted octanol–water partition coefficient (Wildman–Crippen LogP) is 7.57. The fourth-order valence-electron chi connectivity index (χ4n) is 8.21. The Morgan fingerprint density at radius 3 is 2.49 bits per heavy atom. The number of carbonyl (C=O) groups is 2. The molecule has 43 heavy (non-hydrogen) atoms. The van der Waals surface area contributed by atoms with Crippen LogP contribution in [-0.4, -0.2) is 33.9 Å². The molecule has 0 radical (unpaired) electrons. The van der Waals surface area contributed by atoms with Gasteiger partial charge in [0, 0.05) is 26.4 Å². The Hall–Kier alpha value is -3.92. The lowest BCUT2D eigenvalue weighted by atomic mass is 9.65. The number of carbonyl (C=O) groups excluding carboxylic acids is 1. The van der Waals surface area contributed by atoms with Gasteiger partial charge in [0.05, 0.1) is 27.7 Å². The van der Waals surface area contributed by atoms with Crippen LogP contribution in [0.4, 0.5) is 13.2 Å². The molecule has 4 aliphatic carbocycles. The molecule has 1 heterocycles. The second kappa shape index (κ2) is 9.29. The maximum absolute atomic E-state index is 14.5. The molecule has 4 saturated carbocycles. The number of alkyl halides is 3. The average Bonchev–Trinajstić information content (AvgIpc) is 3.34. The average molecular weight is 651 g/mol. The largest absolute Gasteiger partial charge is 0.573 e. The standard InChI is InChI=1S/C33H26BrF3N2O4/c1-18-26(21-15-20(34)11-12-23(21)38-27(18)19-7-3-2-4-8-19)28(40)39-32-14-13-30(29(41)42)16-25(32)31(32,17-30)22-9-5-6-10-24(22)43-33(35,36)37/h2-12,15,25H,13-14,16-17H2,1H3,(H,39,40)(H,41,42)/t25?,30?,31-,32?/m0/s1. The summed E-state index contributed by atoms with van der Waals surface area (Å²) in [5.74, 6) is -2.05. The zero-order valence-electron chi connectivity index (χ0n) is 23.0. The number of carboxylic acids is 1. The van der Waals surface area contributed by atoms with E-state index >= 15 is 0 Å². The molecule has 4 aromatic rings. The number of aromatic nitrogens is 1. The Morgan fingerprint density at radius 2 is 1.77 bits per heavy atom. The van der Waals surface area contributed by atoms with Crippen molar-refractivity contribution in [3.63, 3.8) is 0 Å². The number of nitrogens with one attached hydrogen (secondary N) is 1. The number of rotatable bonds is 6. The highest BCUT2D eigenvalue weighted by molar-refractivity contribution is 9.10. The minimum Gasteiger partial charge on any atom is -0.481 e. The quantitative estimate of drug-likeness (QED) is 0.225. The van der Waals surface area contributed by atoms with Gasteiger partial charge in [-0.2, -0.15) is 0 Å². The van der Waals surface area contributed by atoms with Gasteiger partial charge in [-0.05, 0) is 68.4 Å². The third-order valence-electron chi connectivity index (χ3n) is 9.96. The maximum Gasteiger partial charge on any atom is 0.573 e. The molecule has 0 spiro atoms. The van der Waals surface area contributed by atoms with Gasteiger partial charge in [0.25, 0.3) is 5.91 Å². The topological polar surface area (TPSA) is 88.5 Å². The van der Waals surface area contributed by atoms with Crippen molar-refractivity contribution in [2.24, 2.45) is 11.3 Å². The maximum atomic E-state index is 14.5. The molecule has 10 heteroatoms. The van der Waals surface area contributed by atoms with Crippen LogP contribution in [0, 0.1) is 18.3 Å². The van der Waals surface area contributed by atoms with Crippen LogP contribution in [0.2, 0.25) is 0 Å². The monoisotopic (exact) mass is 650 g/mol. The lowest BCUT2D eigenvalue weighted by Crippen LogP contribution is -2.52. The first-order chi connectivity index (χ1) is 20.4. The molecule has 4 aliphatic rings. The minimum atomic E-state index is -4.93. The van der Waals surface area contributed by atoms with Crippen LogP contribution < -0.4 is 10.1 Å². The van der Waals surface area contributed by atoms with Gasteiger partial charge in [-0.3, -0.25) is 9.59 Å². The molecule has 1 amide bonds.